The summed E-state index contributed by atoms with van der Waals surface area (Å²) in [6.07, 6.45) is 29.6. The van der Waals surface area contributed by atoms with Crippen LogP contribution >= 0.6 is 0 Å². The number of nitrogens with one attached hydrogen (secondary N) is 4. The summed E-state index contributed by atoms with van der Waals surface area (Å²) < 4.78 is 172. The number of aromatic nitrogens is 5. The Morgan fingerprint density at radius 3 is 0.945 bits per heavy atom. The first kappa shape index (κ1) is 96.4. The van der Waals surface area contributed by atoms with Gasteiger partial charge in [0.15, 0.2) is 5.82 Å². The molecule has 16 rings (SSSR count). The monoisotopic (exact) mass is 1830 g/mol. The van der Waals surface area contributed by atoms with Crippen LogP contribution in [-0.2, 0) is 59.0 Å². The van der Waals surface area contributed by atoms with Crippen molar-refractivity contribution in [1.82, 2.24) is 44.0 Å². The number of nitrogens with zero attached hydrogens (tertiary/aromatic N) is 9. The van der Waals surface area contributed by atoms with Gasteiger partial charge in [-0.2, -0.15) is 9.49 Å². The Morgan fingerprint density at radius 2 is 0.646 bits per heavy atom. The quantitative estimate of drug-likeness (QED) is 0.0331. The molecule has 4 aromatic heterocycles. The van der Waals surface area contributed by atoms with E-state index in [2.05, 4.69) is 157 Å². The lowest BCUT2D eigenvalue weighted by Gasteiger charge is -2.40. The first-order valence-electron chi connectivity index (χ1n) is 45.3. The summed E-state index contributed by atoms with van der Waals surface area (Å²) in [5.41, 5.74) is 5.62. The lowest BCUT2D eigenvalue weighted by atomic mass is 9.82. The molecule has 32 heteroatoms. The molecule has 0 spiro atoms. The highest BCUT2D eigenvalue weighted by atomic mass is 32.2. The van der Waals surface area contributed by atoms with Crippen LogP contribution in [0.5, 0.6) is 0 Å². The average molecular weight is 1830 g/mol. The second-order valence-electron chi connectivity index (χ2n) is 35.9. The Hall–Kier alpha value is -8.12. The molecule has 4 aromatic carbocycles. The molecule has 8 heterocycles. The maximum absolute atomic E-state index is 13.7. The Balaban J connectivity index is 0.000000145. The smallest absolute Gasteiger partial charge is 0.214 e. The van der Waals surface area contributed by atoms with Crippen molar-refractivity contribution in [1.29, 1.82) is 0 Å². The van der Waals surface area contributed by atoms with Crippen molar-refractivity contribution in [2.45, 2.75) is 201 Å². The second kappa shape index (κ2) is 46.6. The van der Waals surface area contributed by atoms with Crippen LogP contribution in [-0.4, -0.2) is 211 Å². The van der Waals surface area contributed by atoms with E-state index < -0.39 is 46.0 Å². The lowest BCUT2D eigenvalue weighted by Crippen LogP contribution is -2.52. The average Bonchev–Trinajstić information content (AvgIpc) is 0.844. The number of hydrogen-bond acceptors (Lipinski definition) is 21. The number of benzene rings is 4. The first-order valence-corrected chi connectivity index (χ1v) is 52.8. The van der Waals surface area contributed by atoms with Crippen molar-refractivity contribution in [3.8, 4) is 0 Å². The molecular formula is C95H128F3N13O12S4. The molecule has 0 radical (unpaired) electrons. The van der Waals surface area contributed by atoms with Crippen molar-refractivity contribution in [3.05, 3.63) is 234 Å². The SMILES string of the molecule is CS(=O)(=O)N[C@H]1CCN(c2cc(F)ccn2)CC1COC1CCC(c2ccccc2)CC1.CS(=O)(=O)N[C@H]1CCN(c2ccc(F)cn2)CC1COC1CCC(c2ccccc2)CC1.CS(=O)(=O)N[C@H]1CCN(c2cccc(F)n2)CC1COC1CCC(c2ccccc2)CC1.CS(=O)(=O)N[C@H]1CCN(c2cccnn2)CC1COC1CCC(c2ccccc2)CC1. The standard InChI is InChI=1S/3C24H32FN3O3S.C23H32N4O3S/c1-32(29,30)27-22-14-15-28(24-9-5-8-23(25)26-24)16-20(22)17-31-21-12-10-19(11-13-21)18-6-3-2-4-7-18;1-32(29,30)27-23-13-14-28(24-12-9-21(25)15-26-24)16-20(23)17-31-22-10-7-19(8-11-22)18-5-3-2-4-6-18;1-32(29,30)27-23-12-14-28(24-15-21(25)11-13-26-24)16-20(23)17-31-22-9-7-19(8-10-22)18-5-3-2-4-6-18;1-31(28,29)26-22-13-15-27(23-8-5-14-24-25-23)16-20(22)17-30-21-11-9-19(10-12-21)18-6-3-2-4-7-18/h2-9,19-22,27H,10-17H2,1H3;2-6,9,12,15,19-20,22-23,27H,7-8,10-11,13-14,16-17H2,1H3;2-6,11,13,15,19-20,22-23,27H,7-10,12,14,16-17H2,1H3;2-8,14,19-22,26H,9-13,15-17H2,1H3/t19?,20?,21?,22-;2*19?,20?,22?,23-;19?,20?,21?,22-/m0000/s1. The summed E-state index contributed by atoms with van der Waals surface area (Å²) in [5.74, 6) is 3.86. The summed E-state index contributed by atoms with van der Waals surface area (Å²) in [7, 11) is -13.2. The van der Waals surface area contributed by atoms with E-state index in [1.54, 1.807) is 24.4 Å². The van der Waals surface area contributed by atoms with Gasteiger partial charge in [0.05, 0.1) is 82.1 Å². The van der Waals surface area contributed by atoms with Crippen molar-refractivity contribution in [2.24, 2.45) is 23.7 Å². The predicted octanol–water partition coefficient (Wildman–Crippen LogP) is 14.1. The molecule has 4 unspecified atom stereocenters. The van der Waals surface area contributed by atoms with Crippen LogP contribution in [0.4, 0.5) is 36.4 Å². The number of sulfonamides is 4. The summed E-state index contributed by atoms with van der Waals surface area (Å²) in [4.78, 5) is 20.8. The van der Waals surface area contributed by atoms with Crippen LogP contribution in [0.2, 0.25) is 0 Å². The molecule has 4 aliphatic heterocycles. The lowest BCUT2D eigenvalue weighted by molar-refractivity contribution is -0.00226. The Bertz CT molecular complexity index is 4960. The van der Waals surface area contributed by atoms with Crippen molar-refractivity contribution < 1.29 is 65.8 Å². The number of ether oxygens (including phenoxy) is 4. The van der Waals surface area contributed by atoms with E-state index in [9.17, 15) is 46.8 Å². The van der Waals surface area contributed by atoms with E-state index in [-0.39, 0.29) is 83.9 Å². The van der Waals surface area contributed by atoms with Gasteiger partial charge < -0.3 is 38.5 Å². The fourth-order valence-electron chi connectivity index (χ4n) is 19.7. The molecule has 690 valence electrons. The van der Waals surface area contributed by atoms with Crippen molar-refractivity contribution >= 4 is 63.4 Å². The molecule has 127 heavy (non-hydrogen) atoms. The van der Waals surface area contributed by atoms with Gasteiger partial charge in [0, 0.05) is 119 Å². The van der Waals surface area contributed by atoms with Gasteiger partial charge in [-0.3, -0.25) is 0 Å². The number of pyridine rings is 3. The maximum Gasteiger partial charge on any atom is 0.214 e. The highest BCUT2D eigenvalue weighted by molar-refractivity contribution is 7.89. The van der Waals surface area contributed by atoms with E-state index >= 15 is 0 Å². The number of rotatable bonds is 28. The minimum absolute atomic E-state index is 0.00262. The zero-order chi connectivity index (χ0) is 89.3. The van der Waals surface area contributed by atoms with Crippen LogP contribution in [0.3, 0.4) is 0 Å². The van der Waals surface area contributed by atoms with Crippen molar-refractivity contribution in [3.63, 3.8) is 0 Å². The van der Waals surface area contributed by atoms with Gasteiger partial charge in [0.1, 0.15) is 29.1 Å². The third kappa shape index (κ3) is 31.0. The summed E-state index contributed by atoms with van der Waals surface area (Å²) in [6.45, 7) is 7.07. The second-order valence-corrected chi connectivity index (χ2v) is 43.0. The molecule has 8 fully saturated rings. The topological polar surface area (TPSA) is 299 Å². The summed E-state index contributed by atoms with van der Waals surface area (Å²) in [5, 5.41) is 8.20. The number of anilines is 4. The number of halogens is 3. The minimum atomic E-state index is -3.33. The van der Waals surface area contributed by atoms with Crippen LogP contribution < -0.4 is 38.5 Å². The predicted molar refractivity (Wildman–Crippen MR) is 493 cm³/mol. The zero-order valence-electron chi connectivity index (χ0n) is 73.5. The highest BCUT2D eigenvalue weighted by Gasteiger charge is 2.39. The molecule has 4 N–H and O–H groups in total. The molecule has 8 aromatic rings. The van der Waals surface area contributed by atoms with Gasteiger partial charge in [0.2, 0.25) is 46.0 Å². The summed E-state index contributed by atoms with van der Waals surface area (Å²) >= 11 is 0. The first-order chi connectivity index (χ1) is 61.1. The normalized spacial score (nSPS) is 26.9. The zero-order valence-corrected chi connectivity index (χ0v) is 76.8. The van der Waals surface area contributed by atoms with Crippen LogP contribution in [0.25, 0.3) is 0 Å². The molecule has 4 saturated heterocycles. The highest BCUT2D eigenvalue weighted by Crippen LogP contribution is 2.40. The van der Waals surface area contributed by atoms with E-state index in [0.717, 1.165) is 122 Å². The molecular weight excluding hydrogens is 1700 g/mol. The Morgan fingerprint density at radius 1 is 0.323 bits per heavy atom. The molecule has 0 amide bonds. The number of piperidine rings is 4. The minimum Gasteiger partial charge on any atom is -0.378 e. The third-order valence-electron chi connectivity index (χ3n) is 26.3. The third-order valence-corrected chi connectivity index (χ3v) is 29.3. The van der Waals surface area contributed by atoms with E-state index in [1.807, 2.05) is 40.1 Å². The van der Waals surface area contributed by atoms with Gasteiger partial charge in [-0.1, -0.05) is 127 Å². The molecule has 4 aliphatic carbocycles. The summed E-state index contributed by atoms with van der Waals surface area (Å²) in [6, 6.07) is 56.3. The molecule has 4 saturated carbocycles. The largest absolute Gasteiger partial charge is 0.378 e. The van der Waals surface area contributed by atoms with E-state index in [4.69, 9.17) is 18.9 Å². The van der Waals surface area contributed by atoms with Gasteiger partial charge in [0.25, 0.3) is 0 Å². The Kier molecular flexibility index (Phi) is 35.4. The molecule has 25 nitrogen and oxygen atoms in total. The van der Waals surface area contributed by atoms with Crippen LogP contribution in [0.1, 0.15) is 174 Å². The molecule has 8 aliphatic rings. The van der Waals surface area contributed by atoms with Crippen LogP contribution in [0.15, 0.2) is 195 Å². The fourth-order valence-corrected chi connectivity index (χ4v) is 23.1. The van der Waals surface area contributed by atoms with Gasteiger partial charge in [-0.05, 0) is 217 Å². The van der Waals surface area contributed by atoms with Gasteiger partial charge >= 0.3 is 0 Å². The maximum atomic E-state index is 13.7. The van der Waals surface area contributed by atoms with Crippen molar-refractivity contribution in [2.75, 3.05) is 123 Å². The van der Waals surface area contributed by atoms with Crippen LogP contribution in [0, 0.1) is 41.3 Å². The van der Waals surface area contributed by atoms with E-state index in [0.29, 0.717) is 133 Å². The molecule has 8 atom stereocenters. The van der Waals surface area contributed by atoms with E-state index in [1.165, 1.54) is 83.9 Å². The Labute approximate surface area is 750 Å². The molecule has 0 bridgehead atoms. The van der Waals surface area contributed by atoms with Gasteiger partial charge in [-0.15, -0.1) is 5.10 Å². The number of hydrogen-bond donors (Lipinski definition) is 4. The fraction of sp³-hybridized carbons (Fsp3) is 0.547. The van der Waals surface area contributed by atoms with Gasteiger partial charge in [-0.25, -0.2) is 76.3 Å².